The van der Waals surface area contributed by atoms with Crippen LogP contribution in [-0.2, 0) is 14.3 Å². The van der Waals surface area contributed by atoms with Crippen molar-refractivity contribution >= 4 is 11.9 Å². The van der Waals surface area contributed by atoms with Gasteiger partial charge in [-0.1, -0.05) is 0 Å². The number of amides is 1. The molecule has 0 atom stereocenters. The average Bonchev–Trinajstić information content (AvgIpc) is 2.92. The van der Waals surface area contributed by atoms with E-state index in [0.29, 0.717) is 26.0 Å². The van der Waals surface area contributed by atoms with E-state index in [1.54, 1.807) is 0 Å². The fourth-order valence-electron chi connectivity index (χ4n) is 1.29. The van der Waals surface area contributed by atoms with Gasteiger partial charge >= 0.3 is 5.97 Å². The Kier molecular flexibility index (Phi) is 3.68. The summed E-state index contributed by atoms with van der Waals surface area (Å²) in [4.78, 5) is 22.2. The minimum atomic E-state index is -1.14. The van der Waals surface area contributed by atoms with Crippen molar-refractivity contribution in [3.63, 3.8) is 0 Å². The van der Waals surface area contributed by atoms with Gasteiger partial charge < -0.3 is 15.2 Å². The fourth-order valence-corrected chi connectivity index (χ4v) is 1.29. The smallest absolute Gasteiger partial charge is 0.319 e. The second-order valence-electron chi connectivity index (χ2n) is 4.06. The van der Waals surface area contributed by atoms with Crippen LogP contribution in [0.1, 0.15) is 26.7 Å². The van der Waals surface area contributed by atoms with Crippen molar-refractivity contribution in [1.29, 1.82) is 0 Å². The van der Waals surface area contributed by atoms with E-state index >= 15 is 0 Å². The number of ether oxygens (including phenoxy) is 1. The van der Waals surface area contributed by atoms with Crippen LogP contribution in [0, 0.1) is 5.41 Å². The van der Waals surface area contributed by atoms with E-state index in [9.17, 15) is 9.59 Å². The lowest BCUT2D eigenvalue weighted by molar-refractivity contribution is -0.149. The number of carbonyl (C=O) groups is 2. The number of nitrogens with one attached hydrogen (secondary N) is 1. The van der Waals surface area contributed by atoms with E-state index < -0.39 is 11.4 Å². The highest BCUT2D eigenvalue weighted by molar-refractivity contribution is 6.04. The minimum absolute atomic E-state index is 0.122. The zero-order valence-corrected chi connectivity index (χ0v) is 9.08. The van der Waals surface area contributed by atoms with Crippen molar-refractivity contribution in [3.05, 3.63) is 0 Å². The number of carboxylic acid groups (broad SMARTS) is 1. The number of carboxylic acids is 1. The van der Waals surface area contributed by atoms with Crippen molar-refractivity contribution in [3.8, 4) is 0 Å². The monoisotopic (exact) mass is 215 g/mol. The summed E-state index contributed by atoms with van der Waals surface area (Å²) < 4.78 is 5.22. The molecule has 0 aliphatic heterocycles. The first-order chi connectivity index (χ1) is 6.99. The molecule has 2 N–H and O–H groups in total. The van der Waals surface area contributed by atoms with Crippen LogP contribution in [0.5, 0.6) is 0 Å². The van der Waals surface area contributed by atoms with Crippen LogP contribution in [0.3, 0.4) is 0 Å². The lowest BCUT2D eigenvalue weighted by Gasteiger charge is -2.11. The number of aliphatic carboxylic acids is 1. The van der Waals surface area contributed by atoms with Crippen molar-refractivity contribution in [1.82, 2.24) is 5.32 Å². The molecule has 1 aliphatic carbocycles. The predicted molar refractivity (Wildman–Crippen MR) is 53.4 cm³/mol. The first-order valence-electron chi connectivity index (χ1n) is 5.12. The van der Waals surface area contributed by atoms with Crippen molar-refractivity contribution in [2.45, 2.75) is 32.8 Å². The summed E-state index contributed by atoms with van der Waals surface area (Å²) >= 11 is 0. The molecular weight excluding hydrogens is 198 g/mol. The van der Waals surface area contributed by atoms with Gasteiger partial charge in [-0.15, -0.1) is 0 Å². The maximum atomic E-state index is 11.5. The third-order valence-corrected chi connectivity index (χ3v) is 2.43. The standard InChI is InChI=1S/C10H17NO4/c1-7(2)15-6-5-11-8(12)10(3-4-10)9(13)14/h7H,3-6H2,1-2H3,(H,11,12)(H,13,14). The molecule has 0 unspecified atom stereocenters. The van der Waals surface area contributed by atoms with Gasteiger partial charge in [0, 0.05) is 6.54 Å². The summed E-state index contributed by atoms with van der Waals surface area (Å²) in [6.45, 7) is 4.59. The van der Waals surface area contributed by atoms with E-state index in [4.69, 9.17) is 9.84 Å². The zero-order valence-electron chi connectivity index (χ0n) is 9.08. The molecule has 0 aromatic heterocycles. The lowest BCUT2D eigenvalue weighted by Crippen LogP contribution is -2.38. The summed E-state index contributed by atoms with van der Waals surface area (Å²) in [5, 5.41) is 11.4. The maximum absolute atomic E-state index is 11.5. The van der Waals surface area contributed by atoms with Crippen LogP contribution in [-0.4, -0.2) is 36.2 Å². The molecule has 1 aliphatic rings. The minimum Gasteiger partial charge on any atom is -0.480 e. The number of hydrogen-bond acceptors (Lipinski definition) is 3. The average molecular weight is 215 g/mol. The quantitative estimate of drug-likeness (QED) is 0.496. The summed E-state index contributed by atoms with van der Waals surface area (Å²) in [6.07, 6.45) is 1.01. The van der Waals surface area contributed by atoms with Crippen LogP contribution in [0.15, 0.2) is 0 Å². The Bertz CT molecular complexity index is 258. The number of carbonyl (C=O) groups excluding carboxylic acids is 1. The topological polar surface area (TPSA) is 75.6 Å². The number of hydrogen-bond donors (Lipinski definition) is 2. The van der Waals surface area contributed by atoms with Crippen molar-refractivity contribution in [2.75, 3.05) is 13.2 Å². The maximum Gasteiger partial charge on any atom is 0.319 e. The van der Waals surface area contributed by atoms with Gasteiger partial charge in [0.2, 0.25) is 5.91 Å². The van der Waals surface area contributed by atoms with Crippen molar-refractivity contribution in [2.24, 2.45) is 5.41 Å². The van der Waals surface area contributed by atoms with Gasteiger partial charge in [0.25, 0.3) is 0 Å². The van der Waals surface area contributed by atoms with Gasteiger partial charge in [0.15, 0.2) is 0 Å². The Balaban J connectivity index is 2.22. The van der Waals surface area contributed by atoms with Crippen LogP contribution < -0.4 is 5.32 Å². The van der Waals surface area contributed by atoms with Crippen LogP contribution in [0.25, 0.3) is 0 Å². The second-order valence-corrected chi connectivity index (χ2v) is 4.06. The summed E-state index contributed by atoms with van der Waals surface area (Å²) in [5.74, 6) is -1.41. The highest BCUT2D eigenvalue weighted by Gasteiger charge is 2.56. The SMILES string of the molecule is CC(C)OCCNC(=O)C1(C(=O)O)CC1. The Morgan fingerprint density at radius 1 is 1.47 bits per heavy atom. The molecule has 0 bridgehead atoms. The van der Waals surface area contributed by atoms with Crippen LogP contribution in [0.2, 0.25) is 0 Å². The highest BCUT2D eigenvalue weighted by atomic mass is 16.5. The summed E-state index contributed by atoms with van der Waals surface area (Å²) in [6, 6.07) is 0. The van der Waals surface area contributed by atoms with Gasteiger partial charge in [-0.2, -0.15) is 0 Å². The summed E-state index contributed by atoms with van der Waals surface area (Å²) in [7, 11) is 0. The Labute approximate surface area is 88.8 Å². The Morgan fingerprint density at radius 3 is 2.47 bits per heavy atom. The Morgan fingerprint density at radius 2 is 2.07 bits per heavy atom. The molecule has 0 radical (unpaired) electrons. The van der Waals surface area contributed by atoms with E-state index in [0.717, 1.165) is 0 Å². The number of rotatable bonds is 6. The molecule has 0 aromatic carbocycles. The first kappa shape index (κ1) is 12.0. The molecule has 0 saturated heterocycles. The molecule has 0 aromatic rings. The first-order valence-corrected chi connectivity index (χ1v) is 5.12. The lowest BCUT2D eigenvalue weighted by atomic mass is 10.1. The molecule has 1 amide bonds. The fraction of sp³-hybridized carbons (Fsp3) is 0.800. The van der Waals surface area contributed by atoms with E-state index in [1.807, 2.05) is 13.8 Å². The molecule has 1 rings (SSSR count). The molecule has 1 saturated carbocycles. The van der Waals surface area contributed by atoms with Gasteiger partial charge in [-0.3, -0.25) is 9.59 Å². The largest absolute Gasteiger partial charge is 0.480 e. The van der Waals surface area contributed by atoms with E-state index in [-0.39, 0.29) is 12.0 Å². The van der Waals surface area contributed by atoms with Crippen LogP contribution >= 0.6 is 0 Å². The van der Waals surface area contributed by atoms with Gasteiger partial charge in [-0.05, 0) is 26.7 Å². The van der Waals surface area contributed by atoms with Gasteiger partial charge in [0.1, 0.15) is 5.41 Å². The zero-order chi connectivity index (χ0) is 11.5. The predicted octanol–water partition coefficient (Wildman–Crippen LogP) is 0.392. The summed E-state index contributed by atoms with van der Waals surface area (Å²) in [5.41, 5.74) is -1.14. The molecule has 5 nitrogen and oxygen atoms in total. The normalized spacial score (nSPS) is 17.5. The van der Waals surface area contributed by atoms with E-state index in [2.05, 4.69) is 5.32 Å². The van der Waals surface area contributed by atoms with Gasteiger partial charge in [0.05, 0.1) is 12.7 Å². The third kappa shape index (κ3) is 2.92. The third-order valence-electron chi connectivity index (χ3n) is 2.43. The van der Waals surface area contributed by atoms with E-state index in [1.165, 1.54) is 0 Å². The van der Waals surface area contributed by atoms with Crippen LogP contribution in [0.4, 0.5) is 0 Å². The second kappa shape index (κ2) is 4.61. The molecule has 86 valence electrons. The molecule has 1 fully saturated rings. The molecular formula is C10H17NO4. The molecule has 15 heavy (non-hydrogen) atoms. The Hall–Kier alpha value is -1.10. The highest BCUT2D eigenvalue weighted by Crippen LogP contribution is 2.45. The van der Waals surface area contributed by atoms with Crippen molar-refractivity contribution < 1.29 is 19.4 Å². The molecule has 0 spiro atoms. The molecule has 5 heteroatoms. The molecule has 0 heterocycles. The van der Waals surface area contributed by atoms with Gasteiger partial charge in [-0.25, -0.2) is 0 Å².